The largest absolute Gasteiger partial charge is 0.488 e. The van der Waals surface area contributed by atoms with Crippen LogP contribution in [0.5, 0.6) is 17.2 Å². The average molecular weight is 424 g/mol. The molecule has 2 atom stereocenters. The van der Waals surface area contributed by atoms with Crippen LogP contribution in [-0.4, -0.2) is 42.1 Å². The minimum Gasteiger partial charge on any atom is -0.488 e. The molecule has 0 saturated heterocycles. The van der Waals surface area contributed by atoms with E-state index in [-0.39, 0.29) is 0 Å². The van der Waals surface area contributed by atoms with Gasteiger partial charge in [-0.05, 0) is 61.9 Å². The number of benzene rings is 2. The molecule has 2 aromatic carbocycles. The first kappa shape index (κ1) is 23.5. The fourth-order valence-corrected chi connectivity index (χ4v) is 2.67. The van der Waals surface area contributed by atoms with E-state index in [0.717, 1.165) is 24.3 Å². The second kappa shape index (κ2) is 10.3. The minimum absolute atomic E-state index is 0.299. The zero-order chi connectivity index (χ0) is 22.3. The molecule has 30 heavy (non-hydrogen) atoms. The van der Waals surface area contributed by atoms with Crippen LogP contribution >= 0.6 is 0 Å². The number of halogens is 3. The fourth-order valence-electron chi connectivity index (χ4n) is 2.67. The first-order chi connectivity index (χ1) is 14.1. The van der Waals surface area contributed by atoms with E-state index in [1.807, 2.05) is 21.0 Å². The van der Waals surface area contributed by atoms with Crippen molar-refractivity contribution >= 4 is 5.71 Å². The van der Waals surface area contributed by atoms with Gasteiger partial charge < -0.3 is 19.6 Å². The van der Waals surface area contributed by atoms with Crippen molar-refractivity contribution < 1.29 is 27.8 Å². The zero-order valence-electron chi connectivity index (χ0n) is 17.5. The third-order valence-corrected chi connectivity index (χ3v) is 4.30. The van der Waals surface area contributed by atoms with E-state index in [1.54, 1.807) is 36.2 Å². The third kappa shape index (κ3) is 7.26. The molecule has 2 rings (SSSR count). The molecular formula is C22H27F3N2O3. The Balaban J connectivity index is 1.93. The maximum atomic E-state index is 12.6. The standard InChI is InChI=1S/C22H27F3N2O3/c1-5-17(26-27(3)4)14-21(28)15(2)29-18-10-12-20(13-11-18)30-19-8-6-16(7-9-19)22(23,24)25/h6-13,15,21,28H,5,14H2,1-4H3/b26-17-. The maximum Gasteiger partial charge on any atom is 0.416 e. The Hall–Kier alpha value is -2.74. The summed E-state index contributed by atoms with van der Waals surface area (Å²) >= 11 is 0. The molecule has 0 saturated carbocycles. The molecule has 164 valence electrons. The molecule has 8 heteroatoms. The summed E-state index contributed by atoms with van der Waals surface area (Å²) < 4.78 is 49.2. The number of hydrogen-bond acceptors (Lipinski definition) is 5. The lowest BCUT2D eigenvalue weighted by molar-refractivity contribution is -0.137. The highest BCUT2D eigenvalue weighted by Crippen LogP contribution is 2.31. The van der Waals surface area contributed by atoms with Crippen LogP contribution in [-0.2, 0) is 6.18 Å². The number of rotatable bonds is 9. The van der Waals surface area contributed by atoms with E-state index >= 15 is 0 Å². The van der Waals surface area contributed by atoms with Crippen molar-refractivity contribution in [2.45, 2.75) is 45.1 Å². The number of alkyl halides is 3. The van der Waals surface area contributed by atoms with Gasteiger partial charge in [-0.2, -0.15) is 18.3 Å². The zero-order valence-corrected chi connectivity index (χ0v) is 17.5. The smallest absolute Gasteiger partial charge is 0.416 e. The van der Waals surface area contributed by atoms with Gasteiger partial charge in [-0.15, -0.1) is 0 Å². The highest BCUT2D eigenvalue weighted by Gasteiger charge is 2.30. The minimum atomic E-state index is -4.38. The molecule has 0 aliphatic heterocycles. The predicted molar refractivity (Wildman–Crippen MR) is 110 cm³/mol. The molecule has 0 aromatic heterocycles. The third-order valence-electron chi connectivity index (χ3n) is 4.30. The molecule has 0 aliphatic carbocycles. The van der Waals surface area contributed by atoms with Crippen molar-refractivity contribution in [2.75, 3.05) is 14.1 Å². The Morgan fingerprint density at radius 1 is 1.00 bits per heavy atom. The van der Waals surface area contributed by atoms with Crippen molar-refractivity contribution in [3.63, 3.8) is 0 Å². The summed E-state index contributed by atoms with van der Waals surface area (Å²) in [6, 6.07) is 11.1. The molecular weight excluding hydrogens is 397 g/mol. The van der Waals surface area contributed by atoms with Gasteiger partial charge in [-0.25, -0.2) is 0 Å². The second-order valence-corrected chi connectivity index (χ2v) is 7.06. The quantitative estimate of drug-likeness (QED) is 0.436. The summed E-state index contributed by atoms with van der Waals surface area (Å²) in [7, 11) is 3.66. The van der Waals surface area contributed by atoms with Gasteiger partial charge in [0.15, 0.2) is 0 Å². The van der Waals surface area contributed by atoms with Crippen molar-refractivity contribution in [2.24, 2.45) is 5.10 Å². The van der Waals surface area contributed by atoms with E-state index < -0.39 is 23.9 Å². The number of aliphatic hydroxyl groups is 1. The van der Waals surface area contributed by atoms with Crippen molar-refractivity contribution in [3.05, 3.63) is 54.1 Å². The fraction of sp³-hybridized carbons (Fsp3) is 0.409. The van der Waals surface area contributed by atoms with Crippen LogP contribution in [0.4, 0.5) is 13.2 Å². The Kier molecular flexibility index (Phi) is 8.11. The maximum absolute atomic E-state index is 12.6. The van der Waals surface area contributed by atoms with Crippen LogP contribution in [0, 0.1) is 0 Å². The number of aliphatic hydroxyl groups excluding tert-OH is 1. The summed E-state index contributed by atoms with van der Waals surface area (Å²) in [6.45, 7) is 3.76. The average Bonchev–Trinajstić information content (AvgIpc) is 2.68. The lowest BCUT2D eigenvalue weighted by Gasteiger charge is -2.21. The second-order valence-electron chi connectivity index (χ2n) is 7.06. The monoisotopic (exact) mass is 424 g/mol. The van der Waals surface area contributed by atoms with Crippen molar-refractivity contribution in [3.8, 4) is 17.2 Å². The van der Waals surface area contributed by atoms with Crippen LogP contribution in [0.15, 0.2) is 53.6 Å². The van der Waals surface area contributed by atoms with E-state index in [2.05, 4.69) is 5.10 Å². The van der Waals surface area contributed by atoms with Gasteiger partial charge in [-0.3, -0.25) is 0 Å². The Morgan fingerprint density at radius 2 is 1.50 bits per heavy atom. The van der Waals surface area contributed by atoms with E-state index in [1.165, 1.54) is 12.1 Å². The Bertz CT molecular complexity index is 819. The van der Waals surface area contributed by atoms with Gasteiger partial charge in [0.05, 0.1) is 11.7 Å². The van der Waals surface area contributed by atoms with Gasteiger partial charge in [0.1, 0.15) is 23.4 Å². The molecule has 1 N–H and O–H groups in total. The highest BCUT2D eigenvalue weighted by atomic mass is 19.4. The van der Waals surface area contributed by atoms with E-state index in [9.17, 15) is 18.3 Å². The summed E-state index contributed by atoms with van der Waals surface area (Å²) in [6.07, 6.45) is -4.41. The number of hydrogen-bond donors (Lipinski definition) is 1. The molecule has 0 fully saturated rings. The summed E-state index contributed by atoms with van der Waals surface area (Å²) in [4.78, 5) is 0. The molecule has 0 radical (unpaired) electrons. The molecule has 0 spiro atoms. The first-order valence-electron chi connectivity index (χ1n) is 9.62. The van der Waals surface area contributed by atoms with Gasteiger partial charge in [0, 0.05) is 26.2 Å². The van der Waals surface area contributed by atoms with Gasteiger partial charge in [0.2, 0.25) is 0 Å². The normalized spacial score (nSPS) is 14.2. The molecule has 0 bridgehead atoms. The van der Waals surface area contributed by atoms with E-state index in [0.29, 0.717) is 23.7 Å². The van der Waals surface area contributed by atoms with Crippen molar-refractivity contribution in [1.29, 1.82) is 0 Å². The first-order valence-corrected chi connectivity index (χ1v) is 9.62. The SMILES string of the molecule is CC/C(CC(O)C(C)Oc1ccc(Oc2ccc(C(F)(F)F)cc2)cc1)=N/N(C)C. The summed E-state index contributed by atoms with van der Waals surface area (Å²) in [5, 5.41) is 16.4. The molecule has 0 aliphatic rings. The Morgan fingerprint density at radius 3 is 1.97 bits per heavy atom. The van der Waals surface area contributed by atoms with Crippen LogP contribution in [0.1, 0.15) is 32.3 Å². The number of nitrogens with zero attached hydrogens (tertiary/aromatic N) is 2. The van der Waals surface area contributed by atoms with Crippen LogP contribution in [0.2, 0.25) is 0 Å². The molecule has 5 nitrogen and oxygen atoms in total. The van der Waals surface area contributed by atoms with Gasteiger partial charge >= 0.3 is 6.18 Å². The summed E-state index contributed by atoms with van der Waals surface area (Å²) in [5.74, 6) is 1.30. The Labute approximate surface area is 174 Å². The van der Waals surface area contributed by atoms with Crippen LogP contribution in [0.3, 0.4) is 0 Å². The van der Waals surface area contributed by atoms with E-state index in [4.69, 9.17) is 9.47 Å². The molecule has 2 aromatic rings. The van der Waals surface area contributed by atoms with Gasteiger partial charge in [-0.1, -0.05) is 6.92 Å². The topological polar surface area (TPSA) is 54.3 Å². The molecule has 2 unspecified atom stereocenters. The van der Waals surface area contributed by atoms with Gasteiger partial charge in [0.25, 0.3) is 0 Å². The lowest BCUT2D eigenvalue weighted by atomic mass is 10.1. The lowest BCUT2D eigenvalue weighted by Crippen LogP contribution is -2.31. The van der Waals surface area contributed by atoms with Crippen molar-refractivity contribution in [1.82, 2.24) is 5.01 Å². The highest BCUT2D eigenvalue weighted by molar-refractivity contribution is 5.84. The van der Waals surface area contributed by atoms with Crippen LogP contribution in [0.25, 0.3) is 0 Å². The van der Waals surface area contributed by atoms with Crippen LogP contribution < -0.4 is 9.47 Å². The number of ether oxygens (including phenoxy) is 2. The predicted octanol–water partition coefficient (Wildman–Crippen LogP) is 5.34. The molecule has 0 heterocycles. The summed E-state index contributed by atoms with van der Waals surface area (Å²) in [5.41, 5.74) is 0.149. The molecule has 0 amide bonds. The number of hydrazone groups is 1.